The molecule has 1 aliphatic heterocycles. The van der Waals surface area contributed by atoms with Gasteiger partial charge in [-0.2, -0.15) is 0 Å². The fourth-order valence-corrected chi connectivity index (χ4v) is 4.14. The van der Waals surface area contributed by atoms with Gasteiger partial charge >= 0.3 is 6.09 Å². The molecule has 0 radical (unpaired) electrons. The molecule has 30 heavy (non-hydrogen) atoms. The van der Waals surface area contributed by atoms with E-state index in [0.29, 0.717) is 11.8 Å². The molecule has 5 nitrogen and oxygen atoms in total. The van der Waals surface area contributed by atoms with Gasteiger partial charge in [0.25, 0.3) is 0 Å². The lowest BCUT2D eigenvalue weighted by atomic mass is 9.98. The molecule has 1 amide bonds. The Morgan fingerprint density at radius 1 is 1.00 bits per heavy atom. The molecule has 0 aromatic heterocycles. The summed E-state index contributed by atoms with van der Waals surface area (Å²) in [6.45, 7) is 7.21. The SMILES string of the molecule is COc1cccc(Oc2ccc(C3=CC4CN(C(=O)OC(C)(C)C)C[C@H]4C3)cc2)c1. The van der Waals surface area contributed by atoms with E-state index in [9.17, 15) is 4.79 Å². The Hall–Kier alpha value is -2.95. The minimum Gasteiger partial charge on any atom is -0.497 e. The fraction of sp³-hybridized carbons (Fsp3) is 0.400. The highest BCUT2D eigenvalue weighted by Crippen LogP contribution is 2.41. The number of fused-ring (bicyclic) bond motifs is 1. The normalized spacial score (nSPS) is 20.5. The first-order valence-electron chi connectivity index (χ1n) is 10.4. The predicted octanol–water partition coefficient (Wildman–Crippen LogP) is 5.76. The van der Waals surface area contributed by atoms with Gasteiger partial charge in [0, 0.05) is 19.2 Å². The van der Waals surface area contributed by atoms with Crippen molar-refractivity contribution in [3.63, 3.8) is 0 Å². The van der Waals surface area contributed by atoms with Crippen LogP contribution in [0.4, 0.5) is 4.79 Å². The first-order valence-corrected chi connectivity index (χ1v) is 10.4. The topological polar surface area (TPSA) is 48.0 Å². The minimum atomic E-state index is -0.454. The molecule has 1 heterocycles. The molecule has 0 bridgehead atoms. The number of nitrogens with zero attached hydrogens (tertiary/aromatic N) is 1. The first-order chi connectivity index (χ1) is 14.3. The maximum absolute atomic E-state index is 12.3. The number of methoxy groups -OCH3 is 1. The van der Waals surface area contributed by atoms with E-state index in [2.05, 4.69) is 18.2 Å². The van der Waals surface area contributed by atoms with Crippen LogP contribution >= 0.6 is 0 Å². The second kappa shape index (κ2) is 8.05. The van der Waals surface area contributed by atoms with Crippen molar-refractivity contribution in [2.75, 3.05) is 20.2 Å². The van der Waals surface area contributed by atoms with Gasteiger partial charge in [0.2, 0.25) is 0 Å². The summed E-state index contributed by atoms with van der Waals surface area (Å²) in [5.74, 6) is 3.19. The van der Waals surface area contributed by atoms with E-state index in [0.717, 1.165) is 36.8 Å². The van der Waals surface area contributed by atoms with Crippen molar-refractivity contribution in [1.82, 2.24) is 4.90 Å². The lowest BCUT2D eigenvalue weighted by Gasteiger charge is -2.24. The standard InChI is InChI=1S/C25H29NO4/c1-25(2,3)30-24(27)26-15-19-12-18(13-20(19)16-26)17-8-10-21(11-9-17)29-23-7-5-6-22(14-23)28-4/h5-12,14,19-20H,13,15-16H2,1-4H3/t19?,20-/m1/s1. The number of hydrogen-bond donors (Lipinski definition) is 0. The quantitative estimate of drug-likeness (QED) is 0.647. The highest BCUT2D eigenvalue weighted by atomic mass is 16.6. The second-order valence-electron chi connectivity index (χ2n) is 9.01. The van der Waals surface area contributed by atoms with E-state index in [1.807, 2.05) is 62.1 Å². The van der Waals surface area contributed by atoms with E-state index in [4.69, 9.17) is 14.2 Å². The van der Waals surface area contributed by atoms with Gasteiger partial charge in [-0.05, 0) is 74.4 Å². The molecule has 5 heteroatoms. The van der Waals surface area contributed by atoms with Crippen LogP contribution in [0.1, 0.15) is 32.8 Å². The van der Waals surface area contributed by atoms with Crippen LogP contribution in [0.25, 0.3) is 5.57 Å². The fourth-order valence-electron chi connectivity index (χ4n) is 4.14. The summed E-state index contributed by atoms with van der Waals surface area (Å²) in [5.41, 5.74) is 2.11. The molecule has 1 aliphatic carbocycles. The molecule has 2 aliphatic rings. The van der Waals surface area contributed by atoms with Crippen molar-refractivity contribution in [2.24, 2.45) is 11.8 Å². The highest BCUT2D eigenvalue weighted by Gasteiger charge is 2.39. The Balaban J connectivity index is 1.38. The number of carbonyl (C=O) groups is 1. The maximum Gasteiger partial charge on any atom is 0.410 e. The van der Waals surface area contributed by atoms with Crippen LogP contribution in [0.3, 0.4) is 0 Å². The smallest absolute Gasteiger partial charge is 0.410 e. The van der Waals surface area contributed by atoms with Crippen molar-refractivity contribution in [2.45, 2.75) is 32.8 Å². The molecule has 158 valence electrons. The number of allylic oxidation sites excluding steroid dienone is 1. The molecular formula is C25H29NO4. The number of rotatable bonds is 4. The summed E-state index contributed by atoms with van der Waals surface area (Å²) in [7, 11) is 1.64. The van der Waals surface area contributed by atoms with Crippen LogP contribution < -0.4 is 9.47 Å². The Bertz CT molecular complexity index is 942. The van der Waals surface area contributed by atoms with Gasteiger partial charge in [-0.3, -0.25) is 0 Å². The third-order valence-corrected chi connectivity index (χ3v) is 5.54. The number of ether oxygens (including phenoxy) is 3. The van der Waals surface area contributed by atoms with Gasteiger partial charge in [-0.1, -0.05) is 24.3 Å². The Kier molecular flexibility index (Phi) is 5.46. The van der Waals surface area contributed by atoms with Crippen LogP contribution in [0.2, 0.25) is 0 Å². The zero-order valence-electron chi connectivity index (χ0n) is 18.1. The molecule has 2 aromatic carbocycles. The third kappa shape index (κ3) is 4.61. The van der Waals surface area contributed by atoms with Gasteiger partial charge in [0.15, 0.2) is 0 Å². The average Bonchev–Trinajstić information content (AvgIpc) is 3.27. The highest BCUT2D eigenvalue weighted by molar-refractivity contribution is 5.72. The minimum absolute atomic E-state index is 0.203. The lowest BCUT2D eigenvalue weighted by Crippen LogP contribution is -2.35. The summed E-state index contributed by atoms with van der Waals surface area (Å²) in [4.78, 5) is 14.2. The zero-order chi connectivity index (χ0) is 21.3. The number of carbonyl (C=O) groups excluding carboxylic acids is 1. The predicted molar refractivity (Wildman–Crippen MR) is 117 cm³/mol. The second-order valence-corrected chi connectivity index (χ2v) is 9.01. The molecule has 0 N–H and O–H groups in total. The Morgan fingerprint density at radius 3 is 2.40 bits per heavy atom. The van der Waals surface area contributed by atoms with E-state index < -0.39 is 5.60 Å². The Morgan fingerprint density at radius 2 is 1.73 bits per heavy atom. The largest absolute Gasteiger partial charge is 0.497 e. The van der Waals surface area contributed by atoms with Gasteiger partial charge in [-0.25, -0.2) is 4.79 Å². The average molecular weight is 408 g/mol. The zero-order valence-corrected chi connectivity index (χ0v) is 18.1. The summed E-state index contributed by atoms with van der Waals surface area (Å²) in [6.07, 6.45) is 3.11. The monoisotopic (exact) mass is 407 g/mol. The number of hydrogen-bond acceptors (Lipinski definition) is 4. The van der Waals surface area contributed by atoms with Crippen LogP contribution in [-0.4, -0.2) is 36.8 Å². The first kappa shape index (κ1) is 20.3. The molecular weight excluding hydrogens is 378 g/mol. The lowest BCUT2D eigenvalue weighted by molar-refractivity contribution is 0.0285. The van der Waals surface area contributed by atoms with E-state index >= 15 is 0 Å². The van der Waals surface area contributed by atoms with Crippen molar-refractivity contribution in [3.05, 3.63) is 60.2 Å². The van der Waals surface area contributed by atoms with Gasteiger partial charge < -0.3 is 19.1 Å². The molecule has 1 saturated heterocycles. The molecule has 2 atom stereocenters. The van der Waals surface area contributed by atoms with E-state index in [1.54, 1.807) is 7.11 Å². The van der Waals surface area contributed by atoms with Crippen LogP contribution in [-0.2, 0) is 4.74 Å². The summed E-state index contributed by atoms with van der Waals surface area (Å²) in [5, 5.41) is 0. The van der Waals surface area contributed by atoms with Crippen molar-refractivity contribution >= 4 is 11.7 Å². The van der Waals surface area contributed by atoms with Crippen molar-refractivity contribution < 1.29 is 19.0 Å². The third-order valence-electron chi connectivity index (χ3n) is 5.54. The van der Waals surface area contributed by atoms with Crippen LogP contribution in [0, 0.1) is 11.8 Å². The number of benzene rings is 2. The number of amides is 1. The molecule has 0 spiro atoms. The summed E-state index contributed by atoms with van der Waals surface area (Å²) >= 11 is 0. The van der Waals surface area contributed by atoms with Crippen LogP contribution in [0.5, 0.6) is 17.2 Å². The molecule has 1 unspecified atom stereocenters. The van der Waals surface area contributed by atoms with Crippen molar-refractivity contribution in [1.29, 1.82) is 0 Å². The van der Waals surface area contributed by atoms with E-state index in [1.165, 1.54) is 11.1 Å². The van der Waals surface area contributed by atoms with Crippen LogP contribution in [0.15, 0.2) is 54.6 Å². The maximum atomic E-state index is 12.3. The summed E-state index contributed by atoms with van der Waals surface area (Å²) in [6, 6.07) is 15.8. The molecule has 4 rings (SSSR count). The summed E-state index contributed by atoms with van der Waals surface area (Å²) < 4.78 is 16.7. The van der Waals surface area contributed by atoms with E-state index in [-0.39, 0.29) is 6.09 Å². The molecule has 0 saturated carbocycles. The van der Waals surface area contributed by atoms with Gasteiger partial charge in [0.05, 0.1) is 7.11 Å². The Labute approximate surface area is 178 Å². The van der Waals surface area contributed by atoms with Gasteiger partial charge in [0.1, 0.15) is 22.8 Å². The van der Waals surface area contributed by atoms with Crippen molar-refractivity contribution in [3.8, 4) is 17.2 Å². The molecule has 1 fully saturated rings. The number of likely N-dealkylation sites (tertiary alicyclic amines) is 1. The van der Waals surface area contributed by atoms with Gasteiger partial charge in [-0.15, -0.1) is 0 Å². The molecule has 2 aromatic rings.